The summed E-state index contributed by atoms with van der Waals surface area (Å²) in [6.45, 7) is 1.06. The molecule has 37 heavy (non-hydrogen) atoms. The summed E-state index contributed by atoms with van der Waals surface area (Å²) in [5, 5.41) is 7.86. The van der Waals surface area contributed by atoms with E-state index >= 15 is 0 Å². The number of ether oxygens (including phenoxy) is 2. The number of rotatable bonds is 9. The van der Waals surface area contributed by atoms with E-state index in [4.69, 9.17) is 14.6 Å². The summed E-state index contributed by atoms with van der Waals surface area (Å²) >= 11 is 0. The van der Waals surface area contributed by atoms with Gasteiger partial charge in [0.2, 0.25) is 0 Å². The number of nitrogens with one attached hydrogen (secondary N) is 1. The minimum absolute atomic E-state index is 0.218. The molecule has 8 nitrogen and oxygen atoms in total. The van der Waals surface area contributed by atoms with Gasteiger partial charge in [-0.3, -0.25) is 4.79 Å². The summed E-state index contributed by atoms with van der Waals surface area (Å²) in [4.78, 5) is 17.6. The molecule has 0 aliphatic carbocycles. The van der Waals surface area contributed by atoms with Crippen LogP contribution >= 0.6 is 0 Å². The van der Waals surface area contributed by atoms with E-state index in [9.17, 15) is 4.79 Å². The fourth-order valence-electron chi connectivity index (χ4n) is 4.18. The number of para-hydroxylation sites is 1. The highest BCUT2D eigenvalue weighted by Gasteiger charge is 2.20. The first-order valence-corrected chi connectivity index (χ1v) is 11.8. The van der Waals surface area contributed by atoms with Gasteiger partial charge in [0.15, 0.2) is 11.5 Å². The van der Waals surface area contributed by atoms with Crippen molar-refractivity contribution in [1.29, 1.82) is 0 Å². The monoisotopic (exact) mass is 493 g/mol. The first-order valence-electron chi connectivity index (χ1n) is 11.8. The SMILES string of the molecule is COc1ccc(-c2nn(-c3ccccc3)cc2C(=O)NCc2ccccc2Cn2ccnc2)cc1OC. The number of amides is 1. The molecule has 2 heterocycles. The highest BCUT2D eigenvalue weighted by Crippen LogP contribution is 2.33. The third-order valence-corrected chi connectivity index (χ3v) is 6.11. The van der Waals surface area contributed by atoms with Gasteiger partial charge in [0.05, 0.1) is 31.8 Å². The van der Waals surface area contributed by atoms with Crippen molar-refractivity contribution in [3.8, 4) is 28.4 Å². The Balaban J connectivity index is 1.46. The van der Waals surface area contributed by atoms with Crippen LogP contribution in [0, 0.1) is 0 Å². The second-order valence-corrected chi connectivity index (χ2v) is 8.43. The van der Waals surface area contributed by atoms with Crippen LogP contribution < -0.4 is 14.8 Å². The van der Waals surface area contributed by atoms with Crippen molar-refractivity contribution in [1.82, 2.24) is 24.6 Å². The molecule has 3 aromatic carbocycles. The zero-order valence-electron chi connectivity index (χ0n) is 20.7. The normalized spacial score (nSPS) is 10.8. The quantitative estimate of drug-likeness (QED) is 0.321. The highest BCUT2D eigenvalue weighted by molar-refractivity contribution is 6.00. The number of imidazole rings is 1. The lowest BCUT2D eigenvalue weighted by atomic mass is 10.1. The van der Waals surface area contributed by atoms with Gasteiger partial charge in [-0.05, 0) is 41.5 Å². The second-order valence-electron chi connectivity index (χ2n) is 8.43. The van der Waals surface area contributed by atoms with E-state index in [-0.39, 0.29) is 5.91 Å². The molecule has 0 saturated heterocycles. The largest absolute Gasteiger partial charge is 0.493 e. The first kappa shape index (κ1) is 23.9. The number of hydrogen-bond donors (Lipinski definition) is 1. The van der Waals surface area contributed by atoms with Crippen molar-refractivity contribution >= 4 is 5.91 Å². The van der Waals surface area contributed by atoms with E-state index in [1.165, 1.54) is 0 Å². The third-order valence-electron chi connectivity index (χ3n) is 6.11. The zero-order chi connectivity index (χ0) is 25.6. The van der Waals surface area contributed by atoms with Crippen LogP contribution in [0.25, 0.3) is 16.9 Å². The molecule has 1 N–H and O–H groups in total. The Kier molecular flexibility index (Phi) is 6.98. The summed E-state index contributed by atoms with van der Waals surface area (Å²) < 4.78 is 14.6. The van der Waals surface area contributed by atoms with E-state index in [0.717, 1.165) is 22.4 Å². The number of nitrogens with zero attached hydrogens (tertiary/aromatic N) is 4. The molecule has 0 saturated carbocycles. The predicted molar refractivity (Wildman–Crippen MR) is 141 cm³/mol. The van der Waals surface area contributed by atoms with Crippen LogP contribution in [0.4, 0.5) is 0 Å². The molecule has 1 amide bonds. The van der Waals surface area contributed by atoms with Gasteiger partial charge in [0.25, 0.3) is 5.91 Å². The Morgan fingerprint density at radius 3 is 2.41 bits per heavy atom. The lowest BCUT2D eigenvalue weighted by molar-refractivity contribution is 0.0951. The maximum absolute atomic E-state index is 13.5. The van der Waals surface area contributed by atoms with Crippen LogP contribution in [0.5, 0.6) is 11.5 Å². The maximum atomic E-state index is 13.5. The van der Waals surface area contributed by atoms with Crippen LogP contribution in [0.1, 0.15) is 21.5 Å². The second kappa shape index (κ2) is 10.8. The van der Waals surface area contributed by atoms with E-state index in [1.807, 2.05) is 77.5 Å². The summed E-state index contributed by atoms with van der Waals surface area (Å²) in [6, 6.07) is 23.3. The molecule has 0 spiro atoms. The molecule has 0 bridgehead atoms. The van der Waals surface area contributed by atoms with Gasteiger partial charge in [0.1, 0.15) is 5.69 Å². The van der Waals surface area contributed by atoms with Crippen LogP contribution in [0.2, 0.25) is 0 Å². The van der Waals surface area contributed by atoms with Crippen LogP contribution in [0.15, 0.2) is 97.7 Å². The molecular formula is C29H27N5O3. The van der Waals surface area contributed by atoms with E-state index in [0.29, 0.717) is 35.8 Å². The number of methoxy groups -OCH3 is 2. The van der Waals surface area contributed by atoms with Crippen LogP contribution in [-0.2, 0) is 13.1 Å². The van der Waals surface area contributed by atoms with Gasteiger partial charge in [-0.25, -0.2) is 9.67 Å². The molecule has 8 heteroatoms. The smallest absolute Gasteiger partial charge is 0.255 e. The van der Waals surface area contributed by atoms with Crippen molar-refractivity contribution in [3.05, 3.63) is 114 Å². The summed E-state index contributed by atoms with van der Waals surface area (Å²) in [7, 11) is 3.17. The van der Waals surface area contributed by atoms with Crippen molar-refractivity contribution < 1.29 is 14.3 Å². The van der Waals surface area contributed by atoms with Crippen molar-refractivity contribution in [2.75, 3.05) is 14.2 Å². The van der Waals surface area contributed by atoms with Gasteiger partial charge < -0.3 is 19.4 Å². The number of carbonyl (C=O) groups is 1. The van der Waals surface area contributed by atoms with E-state index in [2.05, 4.69) is 16.4 Å². The molecule has 5 rings (SSSR count). The predicted octanol–water partition coefficient (Wildman–Crippen LogP) is 4.73. The number of hydrogen-bond acceptors (Lipinski definition) is 5. The molecule has 0 fully saturated rings. The zero-order valence-corrected chi connectivity index (χ0v) is 20.7. The molecule has 5 aromatic rings. The van der Waals surface area contributed by atoms with Gasteiger partial charge in [-0.1, -0.05) is 42.5 Å². The topological polar surface area (TPSA) is 83.2 Å². The number of carbonyl (C=O) groups excluding carboxylic acids is 1. The molecule has 0 unspecified atom stereocenters. The Labute approximate surface area is 215 Å². The molecule has 0 aliphatic heterocycles. The van der Waals surface area contributed by atoms with Crippen LogP contribution in [0.3, 0.4) is 0 Å². The molecule has 2 aromatic heterocycles. The van der Waals surface area contributed by atoms with Gasteiger partial charge in [0, 0.05) is 37.2 Å². The Morgan fingerprint density at radius 2 is 1.68 bits per heavy atom. The standard InChI is InChI=1S/C29H27N5O3/c1-36-26-13-12-21(16-27(26)37-2)28-25(19-34(32-28)24-10-4-3-5-11-24)29(35)31-17-22-8-6-7-9-23(22)18-33-15-14-30-20-33/h3-16,19-20H,17-18H2,1-2H3,(H,31,35). The van der Waals surface area contributed by atoms with E-state index < -0.39 is 0 Å². The first-order chi connectivity index (χ1) is 18.2. The molecule has 0 aliphatic rings. The third kappa shape index (κ3) is 5.23. The maximum Gasteiger partial charge on any atom is 0.255 e. The van der Waals surface area contributed by atoms with Gasteiger partial charge in [-0.15, -0.1) is 0 Å². The highest BCUT2D eigenvalue weighted by atomic mass is 16.5. The molecule has 0 atom stereocenters. The van der Waals surface area contributed by atoms with Gasteiger partial charge in [-0.2, -0.15) is 5.10 Å². The summed E-state index contributed by atoms with van der Waals surface area (Å²) in [6.07, 6.45) is 7.21. The Hall–Kier alpha value is -4.85. The summed E-state index contributed by atoms with van der Waals surface area (Å²) in [5.74, 6) is 0.952. The molecular weight excluding hydrogens is 466 g/mol. The average Bonchev–Trinajstić information content (AvgIpc) is 3.63. The lowest BCUT2D eigenvalue weighted by Crippen LogP contribution is -2.24. The molecule has 0 radical (unpaired) electrons. The van der Waals surface area contributed by atoms with Crippen molar-refractivity contribution in [2.24, 2.45) is 0 Å². The Morgan fingerprint density at radius 1 is 0.919 bits per heavy atom. The number of aromatic nitrogens is 4. The summed E-state index contributed by atoms with van der Waals surface area (Å²) in [5.41, 5.74) is 4.76. The fraction of sp³-hybridized carbons (Fsp3) is 0.138. The minimum atomic E-state index is -0.218. The van der Waals surface area contributed by atoms with Crippen LogP contribution in [-0.4, -0.2) is 39.5 Å². The van der Waals surface area contributed by atoms with Crippen molar-refractivity contribution in [2.45, 2.75) is 13.1 Å². The Bertz CT molecular complexity index is 1490. The molecule has 186 valence electrons. The van der Waals surface area contributed by atoms with Crippen molar-refractivity contribution in [3.63, 3.8) is 0 Å². The average molecular weight is 494 g/mol. The minimum Gasteiger partial charge on any atom is -0.493 e. The lowest BCUT2D eigenvalue weighted by Gasteiger charge is -2.12. The van der Waals surface area contributed by atoms with E-state index in [1.54, 1.807) is 37.6 Å². The fourth-order valence-corrected chi connectivity index (χ4v) is 4.18. The van der Waals surface area contributed by atoms with Gasteiger partial charge >= 0.3 is 0 Å². The number of benzene rings is 3.